The second-order valence-corrected chi connectivity index (χ2v) is 3.71. The molecule has 6 heteroatoms. The fraction of sp³-hybridized carbons (Fsp3) is 0.556. The Bertz CT molecular complexity index is 407. The van der Waals surface area contributed by atoms with Crippen LogP contribution in [0, 0.1) is 0 Å². The molecule has 2 unspecified atom stereocenters. The number of hydrogen-bond donors (Lipinski definition) is 2. The molecule has 0 saturated carbocycles. The van der Waals surface area contributed by atoms with E-state index in [4.69, 9.17) is 0 Å². The van der Waals surface area contributed by atoms with E-state index in [2.05, 4.69) is 4.98 Å². The molecule has 1 aromatic rings. The van der Waals surface area contributed by atoms with Gasteiger partial charge in [-0.15, -0.1) is 0 Å². The van der Waals surface area contributed by atoms with Crippen molar-refractivity contribution in [3.8, 4) is 0 Å². The van der Waals surface area contributed by atoms with Crippen molar-refractivity contribution in [2.75, 3.05) is 18.0 Å². The zero-order valence-corrected chi connectivity index (χ0v) is 8.37. The Hall–Kier alpha value is -1.40. The van der Waals surface area contributed by atoms with Crippen LogP contribution in [0.1, 0.15) is 0 Å². The number of anilines is 1. The number of nitrogens with zero attached hydrogens (tertiary/aromatic N) is 3. The highest BCUT2D eigenvalue weighted by Crippen LogP contribution is 2.14. The largest absolute Gasteiger partial charge is 0.389 e. The molecule has 1 saturated heterocycles. The SMILES string of the molecule is Cn1ccnc(N2CC(O)C(O)C2)c1=O. The Morgan fingerprint density at radius 3 is 2.60 bits per heavy atom. The van der Waals surface area contributed by atoms with E-state index in [-0.39, 0.29) is 24.5 Å². The maximum absolute atomic E-state index is 11.7. The first-order chi connectivity index (χ1) is 7.09. The van der Waals surface area contributed by atoms with Crippen molar-refractivity contribution < 1.29 is 10.2 Å². The lowest BCUT2D eigenvalue weighted by atomic mass is 10.3. The first-order valence-electron chi connectivity index (χ1n) is 4.72. The van der Waals surface area contributed by atoms with E-state index in [1.54, 1.807) is 18.1 Å². The molecule has 2 rings (SSSR count). The number of aromatic nitrogens is 2. The number of rotatable bonds is 1. The quantitative estimate of drug-likeness (QED) is 0.580. The molecule has 2 N–H and O–H groups in total. The Kier molecular flexibility index (Phi) is 2.45. The molecule has 2 heterocycles. The first kappa shape index (κ1) is 10.1. The summed E-state index contributed by atoms with van der Waals surface area (Å²) in [6, 6.07) is 0. The van der Waals surface area contributed by atoms with Crippen LogP contribution in [0.5, 0.6) is 0 Å². The molecular formula is C9H13N3O3. The van der Waals surface area contributed by atoms with Gasteiger partial charge in [-0.1, -0.05) is 0 Å². The minimum absolute atomic E-state index is 0.223. The second-order valence-electron chi connectivity index (χ2n) is 3.71. The van der Waals surface area contributed by atoms with Crippen LogP contribution < -0.4 is 10.5 Å². The molecule has 1 aromatic heterocycles. The van der Waals surface area contributed by atoms with Crippen molar-refractivity contribution in [3.63, 3.8) is 0 Å². The summed E-state index contributed by atoms with van der Waals surface area (Å²) < 4.78 is 1.42. The van der Waals surface area contributed by atoms with Gasteiger partial charge in [-0.2, -0.15) is 0 Å². The molecule has 0 aromatic carbocycles. The summed E-state index contributed by atoms with van der Waals surface area (Å²) >= 11 is 0. The second kappa shape index (κ2) is 3.63. The number of aliphatic hydroxyl groups excluding tert-OH is 2. The molecule has 1 aliphatic rings. The summed E-state index contributed by atoms with van der Waals surface area (Å²) in [6.45, 7) is 0.487. The van der Waals surface area contributed by atoms with Gasteiger partial charge in [0.2, 0.25) is 0 Å². The molecule has 0 aliphatic carbocycles. The lowest BCUT2D eigenvalue weighted by Gasteiger charge is -2.15. The van der Waals surface area contributed by atoms with Gasteiger partial charge in [0.05, 0.1) is 12.2 Å². The fourth-order valence-electron chi connectivity index (χ4n) is 1.64. The molecule has 0 radical (unpaired) electrons. The third kappa shape index (κ3) is 1.73. The van der Waals surface area contributed by atoms with Crippen molar-refractivity contribution in [3.05, 3.63) is 22.7 Å². The van der Waals surface area contributed by atoms with Gasteiger partial charge in [-0.3, -0.25) is 4.79 Å². The van der Waals surface area contributed by atoms with Crippen LogP contribution in [0.4, 0.5) is 5.82 Å². The molecule has 2 atom stereocenters. The highest BCUT2D eigenvalue weighted by molar-refractivity contribution is 5.38. The summed E-state index contributed by atoms with van der Waals surface area (Å²) in [6.07, 6.45) is 1.47. The third-order valence-corrected chi connectivity index (χ3v) is 2.56. The highest BCUT2D eigenvalue weighted by atomic mass is 16.3. The van der Waals surface area contributed by atoms with E-state index in [1.165, 1.54) is 10.8 Å². The molecule has 6 nitrogen and oxygen atoms in total. The van der Waals surface area contributed by atoms with Gasteiger partial charge in [0.15, 0.2) is 5.82 Å². The molecule has 1 fully saturated rings. The monoisotopic (exact) mass is 211 g/mol. The molecule has 0 bridgehead atoms. The minimum atomic E-state index is -0.809. The zero-order valence-electron chi connectivity index (χ0n) is 8.37. The first-order valence-corrected chi connectivity index (χ1v) is 4.72. The van der Waals surface area contributed by atoms with Crippen LogP contribution in [0.2, 0.25) is 0 Å². The van der Waals surface area contributed by atoms with Gasteiger partial charge in [-0.25, -0.2) is 4.98 Å². The normalized spacial score (nSPS) is 25.9. The summed E-state index contributed by atoms with van der Waals surface area (Å²) in [7, 11) is 1.64. The smallest absolute Gasteiger partial charge is 0.293 e. The van der Waals surface area contributed by atoms with E-state index in [9.17, 15) is 15.0 Å². The van der Waals surface area contributed by atoms with Crippen molar-refractivity contribution in [2.24, 2.45) is 7.05 Å². The lowest BCUT2D eigenvalue weighted by Crippen LogP contribution is -2.31. The van der Waals surface area contributed by atoms with E-state index < -0.39 is 12.2 Å². The van der Waals surface area contributed by atoms with Crippen LogP contribution in [0.25, 0.3) is 0 Å². The van der Waals surface area contributed by atoms with Gasteiger partial charge in [-0.05, 0) is 0 Å². The number of aliphatic hydroxyl groups is 2. The van der Waals surface area contributed by atoms with Gasteiger partial charge < -0.3 is 19.7 Å². The van der Waals surface area contributed by atoms with Crippen molar-refractivity contribution in [1.29, 1.82) is 0 Å². The third-order valence-electron chi connectivity index (χ3n) is 2.56. The standard InChI is InChI=1S/C9H13N3O3/c1-11-3-2-10-8(9(11)15)12-4-6(13)7(14)5-12/h2-3,6-7,13-14H,4-5H2,1H3. The van der Waals surface area contributed by atoms with E-state index in [0.717, 1.165) is 0 Å². The minimum Gasteiger partial charge on any atom is -0.389 e. The Labute approximate surface area is 86.4 Å². The Morgan fingerprint density at radius 1 is 1.40 bits per heavy atom. The Balaban J connectivity index is 2.32. The van der Waals surface area contributed by atoms with E-state index in [1.807, 2.05) is 0 Å². The topological polar surface area (TPSA) is 78.6 Å². The number of aryl methyl sites for hydroxylation is 1. The molecule has 0 spiro atoms. The summed E-state index contributed by atoms with van der Waals surface area (Å²) in [5.74, 6) is 0.274. The predicted molar refractivity (Wildman–Crippen MR) is 53.7 cm³/mol. The molecule has 82 valence electrons. The van der Waals surface area contributed by atoms with Gasteiger partial charge in [0, 0.05) is 32.5 Å². The average molecular weight is 211 g/mol. The van der Waals surface area contributed by atoms with E-state index in [0.29, 0.717) is 0 Å². The maximum atomic E-state index is 11.7. The van der Waals surface area contributed by atoms with Crippen LogP contribution in [0.3, 0.4) is 0 Å². The van der Waals surface area contributed by atoms with Crippen LogP contribution >= 0.6 is 0 Å². The zero-order chi connectivity index (χ0) is 11.0. The van der Waals surface area contributed by atoms with Crippen LogP contribution in [0.15, 0.2) is 17.2 Å². The van der Waals surface area contributed by atoms with E-state index >= 15 is 0 Å². The number of β-amino-alcohol motifs (C(OH)–C–C–N with tert-alkyl or cyclic N) is 2. The molecule has 0 amide bonds. The molecule has 15 heavy (non-hydrogen) atoms. The average Bonchev–Trinajstić information content (AvgIpc) is 2.51. The van der Waals surface area contributed by atoms with Gasteiger partial charge >= 0.3 is 0 Å². The van der Waals surface area contributed by atoms with Crippen LogP contribution in [-0.4, -0.2) is 45.1 Å². The fourth-order valence-corrected chi connectivity index (χ4v) is 1.64. The number of hydrogen-bond acceptors (Lipinski definition) is 5. The van der Waals surface area contributed by atoms with Crippen molar-refractivity contribution in [2.45, 2.75) is 12.2 Å². The maximum Gasteiger partial charge on any atom is 0.293 e. The highest BCUT2D eigenvalue weighted by Gasteiger charge is 2.31. The summed E-state index contributed by atoms with van der Waals surface area (Å²) in [4.78, 5) is 17.2. The summed E-state index contributed by atoms with van der Waals surface area (Å²) in [5.41, 5.74) is -0.223. The van der Waals surface area contributed by atoms with Crippen molar-refractivity contribution >= 4 is 5.82 Å². The lowest BCUT2D eigenvalue weighted by molar-refractivity contribution is 0.0572. The van der Waals surface area contributed by atoms with Gasteiger partial charge in [0.25, 0.3) is 5.56 Å². The van der Waals surface area contributed by atoms with Gasteiger partial charge in [0.1, 0.15) is 0 Å². The molecule has 1 aliphatic heterocycles. The molecular weight excluding hydrogens is 198 g/mol. The Morgan fingerprint density at radius 2 is 2.00 bits per heavy atom. The summed E-state index contributed by atoms with van der Waals surface area (Å²) in [5, 5.41) is 18.7. The van der Waals surface area contributed by atoms with Crippen LogP contribution in [-0.2, 0) is 7.05 Å². The van der Waals surface area contributed by atoms with Crippen molar-refractivity contribution in [1.82, 2.24) is 9.55 Å². The predicted octanol–water partition coefficient (Wildman–Crippen LogP) is -1.68.